The highest BCUT2D eigenvalue weighted by molar-refractivity contribution is 6.33. The van der Waals surface area contributed by atoms with Gasteiger partial charge in [0, 0.05) is 28.7 Å². The Balaban J connectivity index is 1.53. The van der Waals surface area contributed by atoms with E-state index in [4.69, 9.17) is 26.8 Å². The maximum atomic E-state index is 12.8. The Bertz CT molecular complexity index is 1680. The second-order valence-corrected chi connectivity index (χ2v) is 8.21. The summed E-state index contributed by atoms with van der Waals surface area (Å²) in [5.74, 6) is 0.166. The first kappa shape index (κ1) is 20.9. The van der Waals surface area contributed by atoms with Gasteiger partial charge in [-0.3, -0.25) is 9.59 Å². The van der Waals surface area contributed by atoms with Crippen LogP contribution in [0.5, 0.6) is 11.5 Å². The summed E-state index contributed by atoms with van der Waals surface area (Å²) in [6.07, 6.45) is 1.51. The van der Waals surface area contributed by atoms with Gasteiger partial charge in [0.25, 0.3) is 11.8 Å². The number of hydrogen-bond acceptors (Lipinski definition) is 6. The fraction of sp³-hybridized carbons (Fsp3) is 0.0400. The van der Waals surface area contributed by atoms with Gasteiger partial charge < -0.3 is 20.5 Å². The molecule has 2 amide bonds. The Kier molecular flexibility index (Phi) is 4.78. The van der Waals surface area contributed by atoms with Gasteiger partial charge in [-0.15, -0.1) is 0 Å². The molecule has 1 aliphatic heterocycles. The number of rotatable bonds is 4. The van der Waals surface area contributed by atoms with Gasteiger partial charge in [-0.1, -0.05) is 23.7 Å². The first-order valence-electron chi connectivity index (χ1n) is 10.6. The molecular weight excluding hydrogens is 470 g/mol. The van der Waals surface area contributed by atoms with Gasteiger partial charge in [-0.2, -0.15) is 5.10 Å². The summed E-state index contributed by atoms with van der Waals surface area (Å²) in [5, 5.41) is 9.71. The summed E-state index contributed by atoms with van der Waals surface area (Å²) in [7, 11) is 0. The molecule has 0 atom stereocenters. The molecule has 35 heavy (non-hydrogen) atoms. The third-order valence-corrected chi connectivity index (χ3v) is 6.06. The molecule has 0 unspecified atom stereocenters. The van der Waals surface area contributed by atoms with Crippen molar-refractivity contribution in [1.82, 2.24) is 14.8 Å². The van der Waals surface area contributed by atoms with Crippen LogP contribution in [0.4, 0.5) is 5.69 Å². The van der Waals surface area contributed by atoms with Gasteiger partial charge in [0.05, 0.1) is 16.8 Å². The maximum absolute atomic E-state index is 12.8. The number of hydrogen-bond donors (Lipinski definition) is 2. The van der Waals surface area contributed by atoms with Gasteiger partial charge in [-0.25, -0.2) is 9.67 Å². The highest BCUT2D eigenvalue weighted by Crippen LogP contribution is 2.36. The number of fused-ring (bicyclic) bond motifs is 4. The molecule has 10 heteroatoms. The van der Waals surface area contributed by atoms with Crippen LogP contribution < -0.4 is 20.5 Å². The molecule has 3 heterocycles. The molecule has 1 aliphatic rings. The zero-order valence-electron chi connectivity index (χ0n) is 18.0. The number of nitrogens with zero attached hydrogens (tertiary/aromatic N) is 3. The lowest BCUT2D eigenvalue weighted by molar-refractivity contribution is 0.0994. The number of amides is 2. The van der Waals surface area contributed by atoms with Gasteiger partial charge in [0.1, 0.15) is 5.15 Å². The van der Waals surface area contributed by atoms with E-state index in [1.807, 2.05) is 30.3 Å². The van der Waals surface area contributed by atoms with Crippen molar-refractivity contribution in [3.63, 3.8) is 0 Å². The first-order valence-corrected chi connectivity index (χ1v) is 10.9. The average molecular weight is 486 g/mol. The van der Waals surface area contributed by atoms with Crippen molar-refractivity contribution in [2.75, 3.05) is 12.1 Å². The molecule has 2 aromatic heterocycles. The summed E-state index contributed by atoms with van der Waals surface area (Å²) in [5.41, 5.74) is 7.90. The minimum atomic E-state index is -0.649. The number of nitrogens with one attached hydrogen (secondary N) is 1. The second kappa shape index (κ2) is 8.00. The molecule has 9 nitrogen and oxygen atoms in total. The molecule has 6 rings (SSSR count). The molecule has 5 aromatic rings. The van der Waals surface area contributed by atoms with E-state index in [-0.39, 0.29) is 23.2 Å². The van der Waals surface area contributed by atoms with Gasteiger partial charge in [-0.05, 0) is 47.9 Å². The number of anilines is 1. The number of pyridine rings is 1. The lowest BCUT2D eigenvalue weighted by atomic mass is 10.0. The quantitative estimate of drug-likeness (QED) is 0.366. The Morgan fingerprint density at radius 2 is 1.83 bits per heavy atom. The molecule has 172 valence electrons. The number of halogens is 1. The zero-order valence-corrected chi connectivity index (χ0v) is 18.7. The Morgan fingerprint density at radius 3 is 2.66 bits per heavy atom. The minimum Gasteiger partial charge on any atom is -0.454 e. The molecule has 0 aliphatic carbocycles. The zero-order chi connectivity index (χ0) is 24.1. The van der Waals surface area contributed by atoms with Crippen LogP contribution >= 0.6 is 11.6 Å². The minimum absolute atomic E-state index is 0.111. The van der Waals surface area contributed by atoms with E-state index >= 15 is 0 Å². The summed E-state index contributed by atoms with van der Waals surface area (Å²) in [6.45, 7) is 0.137. The van der Waals surface area contributed by atoms with Gasteiger partial charge >= 0.3 is 0 Å². The van der Waals surface area contributed by atoms with E-state index in [1.54, 1.807) is 35.0 Å². The van der Waals surface area contributed by atoms with Crippen LogP contribution in [0.25, 0.3) is 27.4 Å². The van der Waals surface area contributed by atoms with E-state index in [0.717, 1.165) is 10.8 Å². The third-order valence-electron chi connectivity index (χ3n) is 5.76. The van der Waals surface area contributed by atoms with E-state index in [1.165, 1.54) is 6.20 Å². The highest BCUT2D eigenvalue weighted by atomic mass is 35.5. The molecule has 3 aromatic carbocycles. The molecule has 0 saturated carbocycles. The molecule has 0 bridgehead atoms. The standard InChI is InChI=1S/C25H16ClN5O4/c26-23-17(2-1-9-28-23)25(33)29-14-5-3-13-4-7-16-21(24(27)32)30-31(22(16)18(13)10-14)15-6-8-19-20(11-15)35-12-34-19/h1-11H,12H2,(H2,27,32)(H,29,33). The fourth-order valence-electron chi connectivity index (χ4n) is 4.14. The molecule has 0 saturated heterocycles. The number of carbonyl (C=O) groups excluding carboxylic acids is 2. The van der Waals surface area contributed by atoms with Crippen LogP contribution in [0, 0.1) is 0 Å². The first-order chi connectivity index (χ1) is 17.0. The third kappa shape index (κ3) is 3.49. The van der Waals surface area contributed by atoms with Crippen LogP contribution in [0.2, 0.25) is 5.15 Å². The topological polar surface area (TPSA) is 121 Å². The number of aromatic nitrogens is 3. The molecular formula is C25H16ClN5O4. The summed E-state index contributed by atoms with van der Waals surface area (Å²) < 4.78 is 12.6. The number of carbonyl (C=O) groups is 2. The monoisotopic (exact) mass is 485 g/mol. The van der Waals surface area contributed by atoms with Gasteiger partial charge in [0.15, 0.2) is 17.2 Å². The number of primary amides is 1. The Hall–Kier alpha value is -4.63. The predicted molar refractivity (Wildman–Crippen MR) is 130 cm³/mol. The molecule has 0 spiro atoms. The van der Waals surface area contributed by atoms with Crippen LogP contribution in [0.3, 0.4) is 0 Å². The van der Waals surface area contributed by atoms with Crippen LogP contribution in [-0.2, 0) is 0 Å². The SMILES string of the molecule is NC(=O)c1nn(-c2ccc3c(c2)OCO3)c2c1ccc1ccc(NC(=O)c3cccnc3Cl)cc12. The van der Waals surface area contributed by atoms with E-state index < -0.39 is 11.8 Å². The smallest absolute Gasteiger partial charge is 0.269 e. The van der Waals surface area contributed by atoms with Gasteiger partial charge in [0.2, 0.25) is 6.79 Å². The van der Waals surface area contributed by atoms with E-state index in [0.29, 0.717) is 33.8 Å². The highest BCUT2D eigenvalue weighted by Gasteiger charge is 2.21. The molecule has 0 radical (unpaired) electrons. The lowest BCUT2D eigenvalue weighted by Gasteiger charge is -2.10. The number of ether oxygens (including phenoxy) is 2. The predicted octanol–water partition coefficient (Wildman–Crippen LogP) is 4.31. The van der Waals surface area contributed by atoms with Crippen molar-refractivity contribution in [1.29, 1.82) is 0 Å². The Morgan fingerprint density at radius 1 is 1.00 bits per heavy atom. The second-order valence-electron chi connectivity index (χ2n) is 7.86. The average Bonchev–Trinajstić information content (AvgIpc) is 3.48. The van der Waals surface area contributed by atoms with E-state index in [9.17, 15) is 9.59 Å². The fourth-order valence-corrected chi connectivity index (χ4v) is 4.35. The van der Waals surface area contributed by atoms with Crippen molar-refractivity contribution in [2.24, 2.45) is 5.73 Å². The summed E-state index contributed by atoms with van der Waals surface area (Å²) in [6, 6.07) is 17.8. The lowest BCUT2D eigenvalue weighted by Crippen LogP contribution is -2.12. The maximum Gasteiger partial charge on any atom is 0.269 e. The van der Waals surface area contributed by atoms with Crippen molar-refractivity contribution in [3.8, 4) is 17.2 Å². The van der Waals surface area contributed by atoms with Crippen molar-refractivity contribution < 1.29 is 19.1 Å². The van der Waals surface area contributed by atoms with Crippen LogP contribution in [0.15, 0.2) is 66.9 Å². The molecule has 3 N–H and O–H groups in total. The number of nitrogens with two attached hydrogens (primary N) is 1. The largest absolute Gasteiger partial charge is 0.454 e. The van der Waals surface area contributed by atoms with Crippen LogP contribution in [0.1, 0.15) is 20.8 Å². The molecule has 0 fully saturated rings. The van der Waals surface area contributed by atoms with Crippen LogP contribution in [-0.4, -0.2) is 33.4 Å². The number of benzene rings is 3. The van der Waals surface area contributed by atoms with Crippen molar-refractivity contribution in [3.05, 3.63) is 83.3 Å². The van der Waals surface area contributed by atoms with Crippen molar-refractivity contribution >= 4 is 50.8 Å². The Labute approximate surface area is 203 Å². The van der Waals surface area contributed by atoms with Crippen molar-refractivity contribution in [2.45, 2.75) is 0 Å². The summed E-state index contributed by atoms with van der Waals surface area (Å²) >= 11 is 6.07. The normalized spacial score (nSPS) is 12.3. The summed E-state index contributed by atoms with van der Waals surface area (Å²) in [4.78, 5) is 28.9. The van der Waals surface area contributed by atoms with E-state index in [2.05, 4.69) is 15.4 Å².